The first kappa shape index (κ1) is 12.6. The van der Waals surface area contributed by atoms with E-state index in [4.69, 9.17) is 16.9 Å². The summed E-state index contributed by atoms with van der Waals surface area (Å²) in [5.74, 6) is 0.511. The Kier molecular flexibility index (Phi) is 3.64. The number of rotatable bonds is 2. The van der Waals surface area contributed by atoms with Gasteiger partial charge in [0.05, 0.1) is 5.56 Å². The van der Waals surface area contributed by atoms with E-state index in [1.165, 1.54) is 5.56 Å². The van der Waals surface area contributed by atoms with Gasteiger partial charge in [0.15, 0.2) is 0 Å². The number of hydrogen-bond acceptors (Lipinski definition) is 2. The predicted octanol–water partition coefficient (Wildman–Crippen LogP) is 4.40. The maximum absolute atomic E-state index is 8.93. The molecule has 2 aromatic rings. The maximum Gasteiger partial charge on any atom is 0.146 e. The molecular weight excluding hydrogens is 244 g/mol. The zero-order valence-corrected chi connectivity index (χ0v) is 11.1. The van der Waals surface area contributed by atoms with Crippen LogP contribution in [0.5, 0.6) is 0 Å². The Morgan fingerprint density at radius 2 is 1.83 bits per heavy atom. The van der Waals surface area contributed by atoms with Crippen molar-refractivity contribution in [3.05, 3.63) is 52.8 Å². The van der Waals surface area contributed by atoms with E-state index >= 15 is 0 Å². The average Bonchev–Trinajstić information content (AvgIpc) is 2.39. The van der Waals surface area contributed by atoms with Crippen LogP contribution in [0.2, 0.25) is 5.15 Å². The third-order valence-corrected chi connectivity index (χ3v) is 3.17. The Bertz CT molecular complexity index is 595. The number of benzene rings is 1. The van der Waals surface area contributed by atoms with Gasteiger partial charge in [0.1, 0.15) is 11.2 Å². The predicted molar refractivity (Wildman–Crippen MR) is 73.5 cm³/mol. The highest BCUT2D eigenvalue weighted by Crippen LogP contribution is 2.24. The zero-order chi connectivity index (χ0) is 13.1. The summed E-state index contributed by atoms with van der Waals surface area (Å²) in [5.41, 5.74) is 3.65. The molecule has 0 saturated carbocycles. The smallest absolute Gasteiger partial charge is 0.146 e. The Labute approximate surface area is 112 Å². The number of halogens is 1. The molecule has 3 heteroatoms. The number of hydrogen-bond donors (Lipinski definition) is 0. The van der Waals surface area contributed by atoms with Gasteiger partial charge in [-0.25, -0.2) is 4.98 Å². The van der Waals surface area contributed by atoms with Gasteiger partial charge in [-0.15, -0.1) is 0 Å². The highest BCUT2D eigenvalue weighted by Gasteiger charge is 2.05. The van der Waals surface area contributed by atoms with Gasteiger partial charge in [-0.2, -0.15) is 5.26 Å². The van der Waals surface area contributed by atoms with Gasteiger partial charge >= 0.3 is 0 Å². The minimum absolute atomic E-state index is 0.250. The molecule has 0 amide bonds. The first-order valence-electron chi connectivity index (χ1n) is 5.78. The van der Waals surface area contributed by atoms with Gasteiger partial charge in [0, 0.05) is 11.8 Å². The molecule has 2 rings (SSSR count). The fourth-order valence-corrected chi connectivity index (χ4v) is 1.89. The van der Waals surface area contributed by atoms with Crippen LogP contribution >= 0.6 is 11.6 Å². The first-order valence-corrected chi connectivity index (χ1v) is 6.15. The van der Waals surface area contributed by atoms with Crippen molar-refractivity contribution in [1.29, 1.82) is 5.26 Å². The van der Waals surface area contributed by atoms with E-state index in [0.717, 1.165) is 11.1 Å². The molecule has 0 aliphatic carbocycles. The molecule has 0 bridgehead atoms. The molecule has 18 heavy (non-hydrogen) atoms. The molecular formula is C15H13ClN2. The van der Waals surface area contributed by atoms with Crippen molar-refractivity contribution >= 4 is 11.6 Å². The van der Waals surface area contributed by atoms with Gasteiger partial charge in [0.25, 0.3) is 0 Å². The van der Waals surface area contributed by atoms with E-state index in [2.05, 4.69) is 31.0 Å². The third-order valence-electron chi connectivity index (χ3n) is 2.87. The van der Waals surface area contributed by atoms with Crippen molar-refractivity contribution in [2.45, 2.75) is 19.8 Å². The average molecular weight is 257 g/mol. The lowest BCUT2D eigenvalue weighted by Crippen LogP contribution is -1.88. The standard InChI is InChI=1S/C15H13ClN2/c1-10(2)11-3-5-12(6-4-11)14-7-13(8-17)15(16)18-9-14/h3-7,9-10H,1-2H3. The van der Waals surface area contributed by atoms with Crippen LogP contribution in [-0.4, -0.2) is 4.98 Å². The number of pyridine rings is 1. The zero-order valence-electron chi connectivity index (χ0n) is 10.3. The molecule has 0 spiro atoms. The van der Waals surface area contributed by atoms with Gasteiger partial charge < -0.3 is 0 Å². The van der Waals surface area contributed by atoms with E-state index in [0.29, 0.717) is 11.5 Å². The van der Waals surface area contributed by atoms with E-state index in [1.807, 2.05) is 18.2 Å². The largest absolute Gasteiger partial charge is 0.243 e. The Morgan fingerprint density at radius 1 is 1.17 bits per heavy atom. The van der Waals surface area contributed by atoms with Crippen LogP contribution in [-0.2, 0) is 0 Å². The van der Waals surface area contributed by atoms with E-state index in [-0.39, 0.29) is 5.15 Å². The molecule has 1 heterocycles. The molecule has 90 valence electrons. The van der Waals surface area contributed by atoms with Crippen LogP contribution in [0.4, 0.5) is 0 Å². The van der Waals surface area contributed by atoms with Gasteiger partial charge in [-0.3, -0.25) is 0 Å². The van der Waals surface area contributed by atoms with Crippen LogP contribution in [0.3, 0.4) is 0 Å². The van der Waals surface area contributed by atoms with Crippen LogP contribution in [0.15, 0.2) is 36.5 Å². The second-order valence-electron chi connectivity index (χ2n) is 4.45. The van der Waals surface area contributed by atoms with Crippen molar-refractivity contribution in [1.82, 2.24) is 4.98 Å². The summed E-state index contributed by atoms with van der Waals surface area (Å²) in [4.78, 5) is 4.03. The molecule has 0 atom stereocenters. The summed E-state index contributed by atoms with van der Waals surface area (Å²) in [6.45, 7) is 4.32. The van der Waals surface area contributed by atoms with Gasteiger partial charge in [-0.1, -0.05) is 49.7 Å². The fourth-order valence-electron chi connectivity index (χ4n) is 1.74. The lowest BCUT2D eigenvalue weighted by molar-refractivity contribution is 0.867. The van der Waals surface area contributed by atoms with Crippen LogP contribution in [0.25, 0.3) is 11.1 Å². The molecule has 0 aliphatic rings. The Morgan fingerprint density at radius 3 is 2.39 bits per heavy atom. The quantitative estimate of drug-likeness (QED) is 0.747. The number of nitriles is 1. The summed E-state index contributed by atoms with van der Waals surface area (Å²) in [7, 11) is 0. The van der Waals surface area contributed by atoms with E-state index in [9.17, 15) is 0 Å². The Balaban J connectivity index is 2.40. The molecule has 0 N–H and O–H groups in total. The van der Waals surface area contributed by atoms with Gasteiger partial charge in [-0.05, 0) is 23.1 Å². The maximum atomic E-state index is 8.93. The number of nitrogens with zero attached hydrogens (tertiary/aromatic N) is 2. The van der Waals surface area contributed by atoms with Crippen molar-refractivity contribution in [2.24, 2.45) is 0 Å². The summed E-state index contributed by atoms with van der Waals surface area (Å²) >= 11 is 5.82. The molecule has 0 aliphatic heterocycles. The first-order chi connectivity index (χ1) is 8.61. The van der Waals surface area contributed by atoms with Crippen molar-refractivity contribution in [3.8, 4) is 17.2 Å². The Hall–Kier alpha value is -1.85. The van der Waals surface area contributed by atoms with Gasteiger partial charge in [0.2, 0.25) is 0 Å². The third kappa shape index (κ3) is 2.52. The highest BCUT2D eigenvalue weighted by molar-refractivity contribution is 6.30. The van der Waals surface area contributed by atoms with Crippen LogP contribution < -0.4 is 0 Å². The fraction of sp³-hybridized carbons (Fsp3) is 0.200. The molecule has 1 aromatic carbocycles. The topological polar surface area (TPSA) is 36.7 Å². The second-order valence-corrected chi connectivity index (χ2v) is 4.81. The number of aromatic nitrogens is 1. The van der Waals surface area contributed by atoms with Crippen molar-refractivity contribution in [2.75, 3.05) is 0 Å². The molecule has 2 nitrogen and oxygen atoms in total. The molecule has 1 aromatic heterocycles. The summed E-state index contributed by atoms with van der Waals surface area (Å²) in [5, 5.41) is 9.18. The summed E-state index contributed by atoms with van der Waals surface area (Å²) < 4.78 is 0. The molecule has 0 radical (unpaired) electrons. The van der Waals surface area contributed by atoms with E-state index in [1.54, 1.807) is 12.3 Å². The van der Waals surface area contributed by atoms with Crippen molar-refractivity contribution in [3.63, 3.8) is 0 Å². The normalized spacial score (nSPS) is 10.4. The lowest BCUT2D eigenvalue weighted by atomic mass is 9.99. The minimum atomic E-state index is 0.250. The van der Waals surface area contributed by atoms with Crippen molar-refractivity contribution < 1.29 is 0 Å². The SMILES string of the molecule is CC(C)c1ccc(-c2cnc(Cl)c(C#N)c2)cc1. The van der Waals surface area contributed by atoms with Crippen LogP contribution in [0, 0.1) is 11.3 Å². The summed E-state index contributed by atoms with van der Waals surface area (Å²) in [6.07, 6.45) is 1.69. The molecule has 0 fully saturated rings. The van der Waals surface area contributed by atoms with E-state index < -0.39 is 0 Å². The second kappa shape index (κ2) is 5.20. The molecule has 0 saturated heterocycles. The summed E-state index contributed by atoms with van der Waals surface area (Å²) in [6, 6.07) is 12.1. The lowest BCUT2D eigenvalue weighted by Gasteiger charge is -2.07. The minimum Gasteiger partial charge on any atom is -0.243 e. The molecule has 0 unspecified atom stereocenters. The van der Waals surface area contributed by atoms with Crippen LogP contribution in [0.1, 0.15) is 30.9 Å². The highest BCUT2D eigenvalue weighted by atomic mass is 35.5. The monoisotopic (exact) mass is 256 g/mol.